The Morgan fingerprint density at radius 1 is 1.16 bits per heavy atom. The molecular formula is C14H8N4O. The highest BCUT2D eigenvalue weighted by atomic mass is 16.1. The lowest BCUT2D eigenvalue weighted by atomic mass is 10.2. The first-order valence-corrected chi connectivity index (χ1v) is 5.40. The predicted octanol–water partition coefficient (Wildman–Crippen LogP) is 2.08. The number of nitrogens with zero attached hydrogens (tertiary/aromatic N) is 3. The van der Waals surface area contributed by atoms with Gasteiger partial charge in [0, 0.05) is 11.9 Å². The van der Waals surface area contributed by atoms with Gasteiger partial charge in [0.1, 0.15) is 11.8 Å². The SMILES string of the molecule is N#Cc1cccc(NC(=O)c2ccc(C#N)nc2)c1. The van der Waals surface area contributed by atoms with Gasteiger partial charge in [0.25, 0.3) is 5.91 Å². The molecule has 19 heavy (non-hydrogen) atoms. The van der Waals surface area contributed by atoms with Crippen LogP contribution in [0.2, 0.25) is 0 Å². The van der Waals surface area contributed by atoms with E-state index in [0.29, 0.717) is 16.8 Å². The monoisotopic (exact) mass is 248 g/mol. The summed E-state index contributed by atoms with van der Waals surface area (Å²) in [6, 6.07) is 13.5. The molecule has 2 rings (SSSR count). The number of amides is 1. The molecule has 1 aromatic carbocycles. The zero-order valence-corrected chi connectivity index (χ0v) is 9.79. The molecule has 0 aliphatic carbocycles. The minimum absolute atomic E-state index is 0.253. The molecule has 5 nitrogen and oxygen atoms in total. The Morgan fingerprint density at radius 2 is 2.00 bits per heavy atom. The summed E-state index contributed by atoms with van der Waals surface area (Å²) in [5.74, 6) is -0.341. The number of benzene rings is 1. The average Bonchev–Trinajstić information content (AvgIpc) is 2.47. The Kier molecular flexibility index (Phi) is 3.51. The first-order valence-electron chi connectivity index (χ1n) is 5.40. The molecule has 1 aromatic heterocycles. The molecule has 0 unspecified atom stereocenters. The minimum Gasteiger partial charge on any atom is -0.322 e. The molecule has 90 valence electrons. The lowest BCUT2D eigenvalue weighted by molar-refractivity contribution is 0.102. The molecule has 0 aliphatic heterocycles. The number of hydrogen-bond acceptors (Lipinski definition) is 4. The number of nitrogens with one attached hydrogen (secondary N) is 1. The van der Waals surface area contributed by atoms with Gasteiger partial charge in [0.15, 0.2) is 0 Å². The van der Waals surface area contributed by atoms with Crippen molar-refractivity contribution in [2.45, 2.75) is 0 Å². The molecule has 5 heteroatoms. The molecule has 0 saturated heterocycles. The van der Waals surface area contributed by atoms with E-state index in [0.717, 1.165) is 0 Å². The van der Waals surface area contributed by atoms with Crippen LogP contribution in [0.1, 0.15) is 21.6 Å². The maximum absolute atomic E-state index is 11.9. The Labute approximate surface area is 109 Å². The number of nitriles is 2. The number of aromatic nitrogens is 1. The number of carbonyl (C=O) groups is 1. The van der Waals surface area contributed by atoms with E-state index in [1.54, 1.807) is 24.3 Å². The van der Waals surface area contributed by atoms with Crippen molar-refractivity contribution >= 4 is 11.6 Å². The highest BCUT2D eigenvalue weighted by molar-refractivity contribution is 6.04. The van der Waals surface area contributed by atoms with Gasteiger partial charge in [-0.3, -0.25) is 4.79 Å². The number of carbonyl (C=O) groups excluding carboxylic acids is 1. The first-order chi connectivity index (χ1) is 9.22. The van der Waals surface area contributed by atoms with Crippen molar-refractivity contribution in [1.29, 1.82) is 10.5 Å². The largest absolute Gasteiger partial charge is 0.322 e. The van der Waals surface area contributed by atoms with E-state index in [2.05, 4.69) is 10.3 Å². The van der Waals surface area contributed by atoms with Crippen molar-refractivity contribution in [3.63, 3.8) is 0 Å². The molecule has 0 saturated carbocycles. The highest BCUT2D eigenvalue weighted by Gasteiger charge is 2.07. The summed E-state index contributed by atoms with van der Waals surface area (Å²) >= 11 is 0. The molecule has 0 atom stereocenters. The topological polar surface area (TPSA) is 89.6 Å². The second kappa shape index (κ2) is 5.44. The van der Waals surface area contributed by atoms with Crippen LogP contribution in [-0.2, 0) is 0 Å². The zero-order chi connectivity index (χ0) is 13.7. The standard InChI is InChI=1S/C14H8N4O/c15-7-10-2-1-3-12(6-10)18-14(19)11-4-5-13(8-16)17-9-11/h1-6,9H,(H,18,19). The van der Waals surface area contributed by atoms with E-state index >= 15 is 0 Å². The van der Waals surface area contributed by atoms with Crippen LogP contribution in [0.3, 0.4) is 0 Å². The number of hydrogen-bond donors (Lipinski definition) is 1. The third-order valence-corrected chi connectivity index (χ3v) is 2.39. The summed E-state index contributed by atoms with van der Waals surface area (Å²) < 4.78 is 0. The van der Waals surface area contributed by atoms with Gasteiger partial charge in [-0.05, 0) is 30.3 Å². The highest BCUT2D eigenvalue weighted by Crippen LogP contribution is 2.11. The van der Waals surface area contributed by atoms with E-state index in [4.69, 9.17) is 10.5 Å². The van der Waals surface area contributed by atoms with E-state index in [-0.39, 0.29) is 11.6 Å². The van der Waals surface area contributed by atoms with Crippen molar-refractivity contribution in [2.24, 2.45) is 0 Å². The van der Waals surface area contributed by atoms with Crippen LogP contribution in [0.25, 0.3) is 0 Å². The van der Waals surface area contributed by atoms with Crippen LogP contribution in [0.15, 0.2) is 42.6 Å². The lowest BCUT2D eigenvalue weighted by Crippen LogP contribution is -2.12. The van der Waals surface area contributed by atoms with Gasteiger partial charge >= 0.3 is 0 Å². The van der Waals surface area contributed by atoms with Crippen molar-refractivity contribution in [3.8, 4) is 12.1 Å². The van der Waals surface area contributed by atoms with Crippen molar-refractivity contribution in [2.75, 3.05) is 5.32 Å². The molecule has 1 heterocycles. The molecule has 1 amide bonds. The molecule has 0 radical (unpaired) electrons. The second-order valence-electron chi connectivity index (χ2n) is 3.69. The Bertz CT molecular complexity index is 693. The summed E-state index contributed by atoms with van der Waals surface area (Å²) in [7, 11) is 0. The van der Waals surface area contributed by atoms with E-state index in [9.17, 15) is 4.79 Å². The van der Waals surface area contributed by atoms with Gasteiger partial charge in [0.2, 0.25) is 0 Å². The number of rotatable bonds is 2. The Morgan fingerprint density at radius 3 is 2.63 bits per heavy atom. The third-order valence-electron chi connectivity index (χ3n) is 2.39. The Hall–Kier alpha value is -3.18. The van der Waals surface area contributed by atoms with Gasteiger partial charge in [-0.2, -0.15) is 10.5 Å². The van der Waals surface area contributed by atoms with Crippen LogP contribution < -0.4 is 5.32 Å². The lowest BCUT2D eigenvalue weighted by Gasteiger charge is -2.05. The first kappa shape index (κ1) is 12.3. The minimum atomic E-state index is -0.341. The number of anilines is 1. The number of pyridine rings is 1. The van der Waals surface area contributed by atoms with Crippen molar-refractivity contribution < 1.29 is 4.79 Å². The second-order valence-corrected chi connectivity index (χ2v) is 3.69. The van der Waals surface area contributed by atoms with E-state index in [1.165, 1.54) is 18.3 Å². The van der Waals surface area contributed by atoms with Gasteiger partial charge in [-0.15, -0.1) is 0 Å². The maximum atomic E-state index is 11.9. The van der Waals surface area contributed by atoms with E-state index in [1.807, 2.05) is 12.1 Å². The summed E-state index contributed by atoms with van der Waals surface area (Å²) in [6.07, 6.45) is 1.34. The van der Waals surface area contributed by atoms with Crippen molar-refractivity contribution in [1.82, 2.24) is 4.98 Å². The molecular weight excluding hydrogens is 240 g/mol. The summed E-state index contributed by atoms with van der Waals surface area (Å²) in [6.45, 7) is 0. The Balaban J connectivity index is 2.16. The fourth-order valence-electron chi connectivity index (χ4n) is 1.46. The van der Waals surface area contributed by atoms with Crippen LogP contribution in [0, 0.1) is 22.7 Å². The van der Waals surface area contributed by atoms with Crippen LogP contribution in [0.4, 0.5) is 5.69 Å². The quantitative estimate of drug-likeness (QED) is 0.880. The molecule has 0 fully saturated rings. The van der Waals surface area contributed by atoms with Gasteiger partial charge in [-0.1, -0.05) is 6.07 Å². The third kappa shape index (κ3) is 2.93. The maximum Gasteiger partial charge on any atom is 0.257 e. The molecule has 1 N–H and O–H groups in total. The van der Waals surface area contributed by atoms with Gasteiger partial charge in [-0.25, -0.2) is 4.98 Å². The zero-order valence-electron chi connectivity index (χ0n) is 9.79. The summed E-state index contributed by atoms with van der Waals surface area (Å²) in [5, 5.41) is 20.0. The van der Waals surface area contributed by atoms with Crippen molar-refractivity contribution in [3.05, 3.63) is 59.4 Å². The normalized spacial score (nSPS) is 9.16. The fourth-order valence-corrected chi connectivity index (χ4v) is 1.46. The van der Waals surface area contributed by atoms with E-state index < -0.39 is 0 Å². The van der Waals surface area contributed by atoms with Crippen LogP contribution >= 0.6 is 0 Å². The average molecular weight is 248 g/mol. The summed E-state index contributed by atoms with van der Waals surface area (Å²) in [4.78, 5) is 15.7. The summed E-state index contributed by atoms with van der Waals surface area (Å²) in [5.41, 5.74) is 1.61. The molecule has 0 bridgehead atoms. The fraction of sp³-hybridized carbons (Fsp3) is 0. The van der Waals surface area contributed by atoms with Crippen LogP contribution in [0.5, 0.6) is 0 Å². The van der Waals surface area contributed by atoms with Gasteiger partial charge < -0.3 is 5.32 Å². The van der Waals surface area contributed by atoms with Crippen LogP contribution in [-0.4, -0.2) is 10.9 Å². The predicted molar refractivity (Wildman–Crippen MR) is 68.1 cm³/mol. The molecule has 0 aliphatic rings. The molecule has 0 spiro atoms. The molecule has 2 aromatic rings. The van der Waals surface area contributed by atoms with Gasteiger partial charge in [0.05, 0.1) is 17.2 Å². The smallest absolute Gasteiger partial charge is 0.257 e.